The van der Waals surface area contributed by atoms with E-state index in [4.69, 9.17) is 9.47 Å². The molecule has 2 aromatic rings. The zero-order valence-electron chi connectivity index (χ0n) is 14.1. The van der Waals surface area contributed by atoms with Gasteiger partial charge in [-0.25, -0.2) is 0 Å². The summed E-state index contributed by atoms with van der Waals surface area (Å²) in [7, 11) is 5.06. The quantitative estimate of drug-likeness (QED) is 0.541. The number of thiophene rings is 1. The summed E-state index contributed by atoms with van der Waals surface area (Å²) in [6, 6.07) is 10.1. The van der Waals surface area contributed by atoms with E-state index in [1.807, 2.05) is 18.2 Å². The first-order valence-corrected chi connectivity index (χ1v) is 9.17. The van der Waals surface area contributed by atoms with Crippen LogP contribution in [-0.2, 0) is 13.0 Å². The molecule has 0 radical (unpaired) electrons. The number of nitrogens with one attached hydrogen (secondary N) is 2. The molecular formula is C17H22BrN3O2S. The topological polar surface area (TPSA) is 54.9 Å². The van der Waals surface area contributed by atoms with Crippen molar-refractivity contribution in [2.24, 2.45) is 4.99 Å². The highest BCUT2D eigenvalue weighted by Gasteiger charge is 2.05. The van der Waals surface area contributed by atoms with Gasteiger partial charge in [-0.05, 0) is 52.2 Å². The highest BCUT2D eigenvalue weighted by molar-refractivity contribution is 9.11. The van der Waals surface area contributed by atoms with Crippen molar-refractivity contribution in [3.8, 4) is 11.5 Å². The third-order valence-electron chi connectivity index (χ3n) is 3.44. The van der Waals surface area contributed by atoms with E-state index in [0.717, 1.165) is 40.8 Å². The number of hydrogen-bond acceptors (Lipinski definition) is 4. The summed E-state index contributed by atoms with van der Waals surface area (Å²) < 4.78 is 11.7. The lowest BCUT2D eigenvalue weighted by atomic mass is 10.1. The molecule has 0 aliphatic heterocycles. The normalized spacial score (nSPS) is 11.2. The third-order valence-corrected chi connectivity index (χ3v) is 5.06. The number of guanidine groups is 1. The van der Waals surface area contributed by atoms with Crippen LogP contribution in [0.3, 0.4) is 0 Å². The van der Waals surface area contributed by atoms with E-state index < -0.39 is 0 Å². The summed E-state index contributed by atoms with van der Waals surface area (Å²) in [6.45, 7) is 1.54. The Labute approximate surface area is 155 Å². The predicted molar refractivity (Wildman–Crippen MR) is 103 cm³/mol. The van der Waals surface area contributed by atoms with Crippen molar-refractivity contribution in [3.63, 3.8) is 0 Å². The number of nitrogens with zero attached hydrogens (tertiary/aromatic N) is 1. The molecule has 7 heteroatoms. The van der Waals surface area contributed by atoms with Crippen LogP contribution in [0.1, 0.15) is 10.4 Å². The first-order valence-electron chi connectivity index (χ1n) is 7.56. The van der Waals surface area contributed by atoms with Crippen LogP contribution in [0.2, 0.25) is 0 Å². The number of halogens is 1. The molecule has 0 unspecified atom stereocenters. The number of methoxy groups -OCH3 is 2. The maximum absolute atomic E-state index is 5.33. The Morgan fingerprint density at radius 3 is 2.54 bits per heavy atom. The van der Waals surface area contributed by atoms with Crippen molar-refractivity contribution in [1.82, 2.24) is 10.6 Å². The lowest BCUT2D eigenvalue weighted by Crippen LogP contribution is -2.37. The van der Waals surface area contributed by atoms with Crippen LogP contribution in [0.15, 0.2) is 39.1 Å². The lowest BCUT2D eigenvalue weighted by Gasteiger charge is -2.12. The van der Waals surface area contributed by atoms with Gasteiger partial charge in [-0.2, -0.15) is 0 Å². The maximum Gasteiger partial charge on any atom is 0.191 e. The second kappa shape index (κ2) is 9.54. The molecule has 0 bridgehead atoms. The summed E-state index contributed by atoms with van der Waals surface area (Å²) in [5.41, 5.74) is 1.18. The zero-order valence-corrected chi connectivity index (χ0v) is 16.5. The predicted octanol–water partition coefficient (Wildman–Crippen LogP) is 3.44. The minimum Gasteiger partial charge on any atom is -0.493 e. The summed E-state index contributed by atoms with van der Waals surface area (Å²) in [6.07, 6.45) is 0.867. The van der Waals surface area contributed by atoms with Crippen LogP contribution in [-0.4, -0.2) is 33.8 Å². The van der Waals surface area contributed by atoms with Crippen LogP contribution < -0.4 is 20.1 Å². The molecule has 2 rings (SSSR count). The minimum atomic E-state index is 0.744. The second-order valence-corrected chi connectivity index (χ2v) is 7.55. The second-order valence-electron chi connectivity index (χ2n) is 5.00. The third kappa shape index (κ3) is 5.42. The smallest absolute Gasteiger partial charge is 0.191 e. The van der Waals surface area contributed by atoms with Crippen LogP contribution in [0.25, 0.3) is 0 Å². The molecule has 1 aromatic carbocycles. The molecule has 0 aliphatic carbocycles. The Morgan fingerprint density at radius 1 is 1.12 bits per heavy atom. The molecule has 5 nitrogen and oxygen atoms in total. The van der Waals surface area contributed by atoms with Gasteiger partial charge in [-0.1, -0.05) is 6.07 Å². The average Bonchev–Trinajstić information content (AvgIpc) is 3.03. The van der Waals surface area contributed by atoms with Gasteiger partial charge in [0, 0.05) is 18.5 Å². The molecule has 0 amide bonds. The summed E-state index contributed by atoms with van der Waals surface area (Å²) in [5, 5.41) is 6.63. The van der Waals surface area contributed by atoms with Gasteiger partial charge in [0.2, 0.25) is 0 Å². The van der Waals surface area contributed by atoms with Gasteiger partial charge < -0.3 is 20.1 Å². The van der Waals surface area contributed by atoms with E-state index in [2.05, 4.69) is 43.7 Å². The number of benzene rings is 1. The molecule has 0 saturated heterocycles. The van der Waals surface area contributed by atoms with Crippen LogP contribution in [0.4, 0.5) is 0 Å². The fourth-order valence-electron chi connectivity index (χ4n) is 2.20. The molecule has 0 spiro atoms. The molecule has 24 heavy (non-hydrogen) atoms. The van der Waals surface area contributed by atoms with Crippen LogP contribution in [0, 0.1) is 0 Å². The van der Waals surface area contributed by atoms with Gasteiger partial charge in [0.25, 0.3) is 0 Å². The van der Waals surface area contributed by atoms with Crippen LogP contribution in [0.5, 0.6) is 11.5 Å². The van der Waals surface area contributed by atoms with E-state index in [1.165, 1.54) is 10.4 Å². The van der Waals surface area contributed by atoms with Gasteiger partial charge in [0.05, 0.1) is 24.6 Å². The van der Waals surface area contributed by atoms with Crippen molar-refractivity contribution in [2.75, 3.05) is 27.8 Å². The molecule has 0 aliphatic rings. The number of ether oxygens (including phenoxy) is 2. The maximum atomic E-state index is 5.33. The Morgan fingerprint density at radius 2 is 1.92 bits per heavy atom. The first-order chi connectivity index (χ1) is 11.7. The average molecular weight is 412 g/mol. The fraction of sp³-hybridized carbons (Fsp3) is 0.353. The van der Waals surface area contributed by atoms with Crippen molar-refractivity contribution in [2.45, 2.75) is 13.0 Å². The Bertz CT molecular complexity index is 688. The van der Waals surface area contributed by atoms with E-state index >= 15 is 0 Å². The number of aliphatic imine (C=N–C) groups is 1. The Balaban J connectivity index is 1.81. The molecule has 2 N–H and O–H groups in total. The van der Waals surface area contributed by atoms with Crippen molar-refractivity contribution >= 4 is 33.2 Å². The van der Waals surface area contributed by atoms with E-state index in [0.29, 0.717) is 0 Å². The van der Waals surface area contributed by atoms with Gasteiger partial charge in [0.1, 0.15) is 0 Å². The van der Waals surface area contributed by atoms with Gasteiger partial charge in [0.15, 0.2) is 17.5 Å². The summed E-state index contributed by atoms with van der Waals surface area (Å²) in [5.74, 6) is 2.29. The van der Waals surface area contributed by atoms with Crippen molar-refractivity contribution in [3.05, 3.63) is 44.6 Å². The highest BCUT2D eigenvalue weighted by Crippen LogP contribution is 2.27. The van der Waals surface area contributed by atoms with E-state index in [-0.39, 0.29) is 0 Å². The SMILES string of the molecule is CN=C(NCCc1ccc(OC)c(OC)c1)NCc1ccc(Br)s1. The lowest BCUT2D eigenvalue weighted by molar-refractivity contribution is 0.354. The molecule has 130 valence electrons. The van der Waals surface area contributed by atoms with E-state index in [1.54, 1.807) is 32.6 Å². The van der Waals surface area contributed by atoms with Gasteiger partial charge >= 0.3 is 0 Å². The number of rotatable bonds is 7. The molecule has 0 fully saturated rings. The fourth-order valence-corrected chi connectivity index (χ4v) is 3.62. The molecule has 1 aromatic heterocycles. The standard InChI is InChI=1S/C17H22BrN3O2S/c1-19-17(21-11-13-5-7-16(18)24-13)20-9-8-12-4-6-14(22-2)15(10-12)23-3/h4-7,10H,8-9,11H2,1-3H3,(H2,19,20,21). The van der Waals surface area contributed by atoms with Crippen LogP contribution >= 0.6 is 27.3 Å². The molecule has 0 saturated carbocycles. The zero-order chi connectivity index (χ0) is 17.4. The first kappa shape index (κ1) is 18.6. The highest BCUT2D eigenvalue weighted by atomic mass is 79.9. The molecule has 0 atom stereocenters. The largest absolute Gasteiger partial charge is 0.493 e. The summed E-state index contributed by atoms with van der Waals surface area (Å²) >= 11 is 5.19. The monoisotopic (exact) mass is 411 g/mol. The number of hydrogen-bond donors (Lipinski definition) is 2. The minimum absolute atomic E-state index is 0.744. The van der Waals surface area contributed by atoms with Gasteiger partial charge in [-0.15, -0.1) is 11.3 Å². The van der Waals surface area contributed by atoms with E-state index in [9.17, 15) is 0 Å². The molecular weight excluding hydrogens is 390 g/mol. The Hall–Kier alpha value is -1.73. The van der Waals surface area contributed by atoms with Gasteiger partial charge in [-0.3, -0.25) is 4.99 Å². The Kier molecular flexibility index (Phi) is 7.39. The molecule has 1 heterocycles. The van der Waals surface area contributed by atoms with Crippen molar-refractivity contribution < 1.29 is 9.47 Å². The van der Waals surface area contributed by atoms with Crippen molar-refractivity contribution in [1.29, 1.82) is 0 Å². The summed E-state index contributed by atoms with van der Waals surface area (Å²) in [4.78, 5) is 5.50.